The highest BCUT2D eigenvalue weighted by Crippen LogP contribution is 2.42. The number of carbonyl (C=O) groups is 1. The Kier molecular flexibility index (Phi) is 8.53. The summed E-state index contributed by atoms with van der Waals surface area (Å²) >= 11 is 3.33. The fraction of sp³-hybridized carbons (Fsp3) is 0.632. The highest BCUT2D eigenvalue weighted by molar-refractivity contribution is 9.10. The summed E-state index contributed by atoms with van der Waals surface area (Å²) in [5.41, 5.74) is 0.984. The number of nitrogens with zero attached hydrogens (tertiary/aromatic N) is 1. The lowest BCUT2D eigenvalue weighted by Crippen LogP contribution is -2.41. The van der Waals surface area contributed by atoms with Crippen LogP contribution in [-0.4, -0.2) is 37.1 Å². The molecule has 7 heteroatoms. The number of ether oxygens (including phenoxy) is 2. The molecule has 2 rings (SSSR count). The van der Waals surface area contributed by atoms with Gasteiger partial charge in [0.1, 0.15) is 16.4 Å². The third-order valence-electron chi connectivity index (χ3n) is 4.59. The Bertz CT molecular complexity index is 634. The molecule has 26 heavy (non-hydrogen) atoms. The highest BCUT2D eigenvalue weighted by Gasteiger charge is 2.42. The van der Waals surface area contributed by atoms with Crippen LogP contribution in [0.25, 0.3) is 0 Å². The normalized spacial score (nSPS) is 21.0. The minimum Gasteiger partial charge on any atom is -0.473 e. The number of carbonyl (C=O) groups excluding carboxylic acids is 1. The molecule has 1 aliphatic rings. The van der Waals surface area contributed by atoms with Crippen LogP contribution in [0.2, 0.25) is 0 Å². The van der Waals surface area contributed by atoms with Gasteiger partial charge in [-0.2, -0.15) is 0 Å². The average Bonchev–Trinajstić information content (AvgIpc) is 2.62. The van der Waals surface area contributed by atoms with Crippen molar-refractivity contribution >= 4 is 33.5 Å². The lowest BCUT2D eigenvalue weighted by molar-refractivity contribution is -0.153. The summed E-state index contributed by atoms with van der Waals surface area (Å²) in [6.45, 7) is 8.09. The van der Waals surface area contributed by atoms with Gasteiger partial charge < -0.3 is 14.8 Å². The molecule has 0 aliphatic heterocycles. The molecule has 1 heterocycles. The van der Waals surface area contributed by atoms with Crippen LogP contribution >= 0.6 is 15.9 Å². The van der Waals surface area contributed by atoms with Gasteiger partial charge >= 0.3 is 5.97 Å². The van der Waals surface area contributed by atoms with Crippen LogP contribution in [0.3, 0.4) is 0 Å². The minimum absolute atomic E-state index is 0.0398. The number of pyridine rings is 1. The van der Waals surface area contributed by atoms with Crippen LogP contribution in [0.15, 0.2) is 16.7 Å². The molecule has 146 valence electrons. The summed E-state index contributed by atoms with van der Waals surface area (Å²) in [7, 11) is 3.21. The Morgan fingerprint density at radius 2 is 2.00 bits per heavy atom. The molecule has 0 amide bonds. The number of methoxy groups -OCH3 is 1. The Morgan fingerprint density at radius 1 is 1.35 bits per heavy atom. The quantitative estimate of drug-likeness (QED) is 0.316. The zero-order valence-electron chi connectivity index (χ0n) is 16.5. The number of halogens is 1. The van der Waals surface area contributed by atoms with Gasteiger partial charge in [-0.05, 0) is 52.7 Å². The van der Waals surface area contributed by atoms with Crippen molar-refractivity contribution in [3.8, 4) is 0 Å². The summed E-state index contributed by atoms with van der Waals surface area (Å²) in [5, 5.41) is 11.3. The lowest BCUT2D eigenvalue weighted by atomic mass is 9.68. The topological polar surface area (TPSA) is 84.3 Å². The van der Waals surface area contributed by atoms with Gasteiger partial charge in [0, 0.05) is 7.05 Å². The maximum Gasteiger partial charge on any atom is 0.309 e. The van der Waals surface area contributed by atoms with E-state index >= 15 is 0 Å². The molecule has 0 saturated heterocycles. The zero-order chi connectivity index (χ0) is 19.9. The SMILES string of the molecule is CC.CNc1ccc(Br)nc1C(=N)OC1CCC(C(=O)OC)C(C)(C)C1. The third kappa shape index (κ3) is 5.43. The van der Waals surface area contributed by atoms with Gasteiger partial charge in [-0.3, -0.25) is 10.2 Å². The predicted molar refractivity (Wildman–Crippen MR) is 108 cm³/mol. The molecule has 1 fully saturated rings. The standard InChI is InChI=1S/C17H24BrN3O3.C2H6/c1-17(2)9-10(5-6-11(17)16(22)23-4)24-15(19)14-12(20-3)7-8-13(18)21-14;1-2/h7-8,10-11,19-20H,5-6,9H2,1-4H3;1-2H3. The van der Waals surface area contributed by atoms with Crippen molar-refractivity contribution in [3.63, 3.8) is 0 Å². The Hall–Kier alpha value is -1.63. The molecule has 2 N–H and O–H groups in total. The van der Waals surface area contributed by atoms with Gasteiger partial charge in [-0.15, -0.1) is 0 Å². The number of nitrogens with one attached hydrogen (secondary N) is 2. The van der Waals surface area contributed by atoms with Crippen molar-refractivity contribution in [2.24, 2.45) is 11.3 Å². The number of aromatic nitrogens is 1. The van der Waals surface area contributed by atoms with Crippen molar-refractivity contribution in [1.82, 2.24) is 4.98 Å². The van der Waals surface area contributed by atoms with Crippen molar-refractivity contribution in [3.05, 3.63) is 22.4 Å². The van der Waals surface area contributed by atoms with E-state index in [1.54, 1.807) is 7.05 Å². The Labute approximate surface area is 164 Å². The van der Waals surface area contributed by atoms with Crippen LogP contribution in [-0.2, 0) is 14.3 Å². The molecule has 6 nitrogen and oxygen atoms in total. The molecule has 0 spiro atoms. The van der Waals surface area contributed by atoms with E-state index in [0.717, 1.165) is 5.69 Å². The van der Waals surface area contributed by atoms with Gasteiger partial charge in [0.15, 0.2) is 0 Å². The minimum atomic E-state index is -0.229. The van der Waals surface area contributed by atoms with Gasteiger partial charge in [-0.25, -0.2) is 4.98 Å². The number of rotatable bonds is 4. The maximum atomic E-state index is 11.9. The second kappa shape index (κ2) is 9.90. The van der Waals surface area contributed by atoms with E-state index in [4.69, 9.17) is 14.9 Å². The smallest absolute Gasteiger partial charge is 0.309 e. The highest BCUT2D eigenvalue weighted by atomic mass is 79.9. The third-order valence-corrected chi connectivity index (χ3v) is 5.03. The van der Waals surface area contributed by atoms with Gasteiger partial charge in [0.05, 0.1) is 18.7 Å². The fourth-order valence-corrected chi connectivity index (χ4v) is 3.60. The van der Waals surface area contributed by atoms with E-state index in [9.17, 15) is 4.79 Å². The van der Waals surface area contributed by atoms with Crippen LogP contribution in [0.4, 0.5) is 5.69 Å². The molecule has 1 aromatic rings. The van der Waals surface area contributed by atoms with E-state index in [1.165, 1.54) is 7.11 Å². The largest absolute Gasteiger partial charge is 0.473 e. The monoisotopic (exact) mass is 427 g/mol. The molecule has 0 radical (unpaired) electrons. The van der Waals surface area contributed by atoms with Gasteiger partial charge in [-0.1, -0.05) is 27.7 Å². The molecule has 2 atom stereocenters. The molecular weight excluding hydrogens is 398 g/mol. The molecule has 0 bridgehead atoms. The Morgan fingerprint density at radius 3 is 2.54 bits per heavy atom. The first kappa shape index (κ1) is 22.4. The molecule has 0 aromatic carbocycles. The van der Waals surface area contributed by atoms with Crippen molar-refractivity contribution in [1.29, 1.82) is 5.41 Å². The van der Waals surface area contributed by atoms with E-state index in [0.29, 0.717) is 29.6 Å². The molecule has 2 unspecified atom stereocenters. The number of hydrogen-bond acceptors (Lipinski definition) is 6. The average molecular weight is 428 g/mol. The second-order valence-corrected chi connectivity index (χ2v) is 7.51. The van der Waals surface area contributed by atoms with Crippen LogP contribution in [0.5, 0.6) is 0 Å². The van der Waals surface area contributed by atoms with Crippen LogP contribution in [0.1, 0.15) is 52.7 Å². The van der Waals surface area contributed by atoms with Crippen molar-refractivity contribution in [2.45, 2.75) is 53.1 Å². The van der Waals surface area contributed by atoms with Crippen molar-refractivity contribution in [2.75, 3.05) is 19.5 Å². The molecule has 1 aliphatic carbocycles. The maximum absolute atomic E-state index is 11.9. The summed E-state index contributed by atoms with van der Waals surface area (Å²) in [4.78, 5) is 16.3. The first-order valence-electron chi connectivity index (χ1n) is 8.96. The molecule has 1 aromatic heterocycles. The lowest BCUT2D eigenvalue weighted by Gasteiger charge is -2.40. The van der Waals surface area contributed by atoms with Crippen LogP contribution in [0, 0.1) is 16.7 Å². The predicted octanol–water partition coefficient (Wildman–Crippen LogP) is 4.62. The first-order chi connectivity index (χ1) is 12.3. The van der Waals surface area contributed by atoms with E-state index in [1.807, 2.05) is 39.8 Å². The summed E-state index contributed by atoms with van der Waals surface area (Å²) in [6, 6.07) is 3.66. The van der Waals surface area contributed by atoms with E-state index in [-0.39, 0.29) is 29.3 Å². The first-order valence-corrected chi connectivity index (χ1v) is 9.75. The number of esters is 1. The molecule has 1 saturated carbocycles. The number of hydrogen-bond donors (Lipinski definition) is 2. The summed E-state index contributed by atoms with van der Waals surface area (Å²) in [6.07, 6.45) is 1.99. The van der Waals surface area contributed by atoms with E-state index in [2.05, 4.69) is 26.2 Å². The zero-order valence-corrected chi connectivity index (χ0v) is 18.1. The fourth-order valence-electron chi connectivity index (χ4n) is 3.29. The van der Waals surface area contributed by atoms with E-state index < -0.39 is 0 Å². The number of anilines is 1. The second-order valence-electron chi connectivity index (χ2n) is 6.69. The molecular formula is C19H30BrN3O3. The van der Waals surface area contributed by atoms with Crippen LogP contribution < -0.4 is 5.32 Å². The van der Waals surface area contributed by atoms with Gasteiger partial charge in [0.25, 0.3) is 0 Å². The summed E-state index contributed by atoms with van der Waals surface area (Å²) < 4.78 is 11.4. The Balaban J connectivity index is 0.00000163. The van der Waals surface area contributed by atoms with Crippen molar-refractivity contribution < 1.29 is 14.3 Å². The van der Waals surface area contributed by atoms with Gasteiger partial charge in [0.2, 0.25) is 5.90 Å². The summed E-state index contributed by atoms with van der Waals surface area (Å²) in [5.74, 6) is -0.258.